The van der Waals surface area contributed by atoms with E-state index in [1.54, 1.807) is 21.3 Å². The van der Waals surface area contributed by atoms with Crippen LogP contribution >= 0.6 is 0 Å². The highest BCUT2D eigenvalue weighted by Crippen LogP contribution is 2.29. The SMILES string of the molecule is CCCCCCCCCCCC[Si](CC)(CC)O[Si](OC)(OC)OC. The molecule has 0 atom stereocenters. The Balaban J connectivity index is 4.11. The molecule has 25 heavy (non-hydrogen) atoms. The van der Waals surface area contributed by atoms with Crippen molar-refractivity contribution in [2.75, 3.05) is 21.3 Å². The van der Waals surface area contributed by atoms with Gasteiger partial charge in [0, 0.05) is 21.3 Å². The van der Waals surface area contributed by atoms with Crippen LogP contribution in [0.4, 0.5) is 0 Å². The second-order valence-corrected chi connectivity index (χ2v) is 14.4. The van der Waals surface area contributed by atoms with Crippen LogP contribution in [0.25, 0.3) is 0 Å². The lowest BCUT2D eigenvalue weighted by Crippen LogP contribution is -2.55. The van der Waals surface area contributed by atoms with Gasteiger partial charge in [-0.25, -0.2) is 0 Å². The average molecular weight is 393 g/mol. The van der Waals surface area contributed by atoms with Gasteiger partial charge in [0.25, 0.3) is 0 Å². The van der Waals surface area contributed by atoms with Crippen LogP contribution in [0.5, 0.6) is 0 Å². The van der Waals surface area contributed by atoms with Crippen molar-refractivity contribution in [1.82, 2.24) is 0 Å². The summed E-state index contributed by atoms with van der Waals surface area (Å²) < 4.78 is 23.0. The van der Waals surface area contributed by atoms with Crippen LogP contribution in [0.1, 0.15) is 85.0 Å². The van der Waals surface area contributed by atoms with Gasteiger partial charge in [-0.2, -0.15) is 0 Å². The zero-order valence-corrected chi connectivity index (χ0v) is 19.8. The molecule has 0 aliphatic heterocycles. The molecule has 0 rings (SSSR count). The summed E-state index contributed by atoms with van der Waals surface area (Å²) in [6.45, 7) is 6.76. The summed E-state index contributed by atoms with van der Waals surface area (Å²) in [5.74, 6) is 0. The molecule has 0 fully saturated rings. The number of rotatable bonds is 18. The molecule has 0 heterocycles. The first-order valence-corrected chi connectivity index (χ1v) is 14.6. The molecule has 0 aromatic carbocycles. The van der Waals surface area contributed by atoms with Crippen LogP contribution in [0, 0.1) is 0 Å². The molecule has 0 radical (unpaired) electrons. The van der Waals surface area contributed by atoms with Crippen LogP contribution in [0.15, 0.2) is 0 Å². The molecule has 0 aromatic rings. The molecule has 0 aliphatic carbocycles. The predicted molar refractivity (Wildman–Crippen MR) is 111 cm³/mol. The Kier molecular flexibility index (Phi) is 15.5. The maximum Gasteiger partial charge on any atom is 0.668 e. The molecule has 0 aliphatic rings. The van der Waals surface area contributed by atoms with Crippen molar-refractivity contribution in [2.45, 2.75) is 103 Å². The van der Waals surface area contributed by atoms with E-state index in [-0.39, 0.29) is 0 Å². The fourth-order valence-electron chi connectivity index (χ4n) is 3.37. The van der Waals surface area contributed by atoms with E-state index in [1.807, 2.05) is 0 Å². The van der Waals surface area contributed by atoms with Crippen molar-refractivity contribution in [3.63, 3.8) is 0 Å². The molecule has 0 spiro atoms. The Hall–Kier alpha value is 0.274. The largest absolute Gasteiger partial charge is 0.668 e. The second-order valence-electron chi connectivity index (χ2n) is 7.04. The van der Waals surface area contributed by atoms with E-state index in [4.69, 9.17) is 17.4 Å². The number of unbranched alkanes of at least 4 members (excludes halogenated alkanes) is 9. The number of hydrogen-bond donors (Lipinski definition) is 0. The Labute approximate surface area is 159 Å². The summed E-state index contributed by atoms with van der Waals surface area (Å²) in [5, 5.41) is 0. The van der Waals surface area contributed by atoms with Gasteiger partial charge in [-0.05, 0) is 18.1 Å². The van der Waals surface area contributed by atoms with E-state index in [2.05, 4.69) is 20.8 Å². The van der Waals surface area contributed by atoms with Crippen molar-refractivity contribution in [3.05, 3.63) is 0 Å². The van der Waals surface area contributed by atoms with Crippen molar-refractivity contribution in [3.8, 4) is 0 Å². The highest BCUT2D eigenvalue weighted by molar-refractivity contribution is 6.80. The van der Waals surface area contributed by atoms with Crippen molar-refractivity contribution in [1.29, 1.82) is 0 Å². The van der Waals surface area contributed by atoms with E-state index in [1.165, 1.54) is 70.3 Å². The lowest BCUT2D eigenvalue weighted by atomic mass is 10.1. The molecular formula is C19H44O4Si2. The maximum atomic E-state index is 6.47. The van der Waals surface area contributed by atoms with Crippen LogP contribution < -0.4 is 0 Å². The van der Waals surface area contributed by atoms with Gasteiger partial charge < -0.3 is 17.4 Å². The Morgan fingerprint density at radius 2 is 0.960 bits per heavy atom. The van der Waals surface area contributed by atoms with Gasteiger partial charge in [0.05, 0.1) is 0 Å². The standard InChI is InChI=1S/C19H44O4Si2/c1-7-10-11-12-13-14-15-16-17-18-19-24(8-2,9-3)23-25(20-4,21-5)22-6/h7-19H2,1-6H3. The molecule has 0 unspecified atom stereocenters. The minimum Gasteiger partial charge on any atom is -0.394 e. The first kappa shape index (κ1) is 25.3. The monoisotopic (exact) mass is 392 g/mol. The lowest BCUT2D eigenvalue weighted by Gasteiger charge is -2.36. The molecule has 0 saturated carbocycles. The molecule has 0 amide bonds. The molecular weight excluding hydrogens is 348 g/mol. The summed E-state index contributed by atoms with van der Waals surface area (Å²) in [5.41, 5.74) is 0. The first-order valence-electron chi connectivity index (χ1n) is 10.4. The van der Waals surface area contributed by atoms with Crippen molar-refractivity contribution in [2.24, 2.45) is 0 Å². The fourth-order valence-corrected chi connectivity index (χ4v) is 10.7. The van der Waals surface area contributed by atoms with Gasteiger partial charge in [-0.1, -0.05) is 85.0 Å². The normalized spacial score (nSPS) is 12.7. The van der Waals surface area contributed by atoms with Crippen LogP contribution in [0.3, 0.4) is 0 Å². The minimum absolute atomic E-state index is 1.09. The lowest BCUT2D eigenvalue weighted by molar-refractivity contribution is 0.0467. The maximum absolute atomic E-state index is 6.47. The highest BCUT2D eigenvalue weighted by atomic mass is 28.5. The highest BCUT2D eigenvalue weighted by Gasteiger charge is 2.49. The van der Waals surface area contributed by atoms with Crippen LogP contribution in [-0.2, 0) is 17.4 Å². The van der Waals surface area contributed by atoms with Crippen LogP contribution in [-0.4, -0.2) is 38.7 Å². The summed E-state index contributed by atoms with van der Waals surface area (Å²) in [4.78, 5) is 0. The van der Waals surface area contributed by atoms with Crippen LogP contribution in [0.2, 0.25) is 18.1 Å². The Morgan fingerprint density at radius 1 is 0.560 bits per heavy atom. The summed E-state index contributed by atoms with van der Waals surface area (Å²) in [6, 6.07) is 3.36. The zero-order valence-electron chi connectivity index (χ0n) is 17.8. The zero-order chi connectivity index (χ0) is 19.0. The van der Waals surface area contributed by atoms with E-state index < -0.39 is 17.4 Å². The summed E-state index contributed by atoms with van der Waals surface area (Å²) in [7, 11) is 0.112. The number of hydrogen-bond acceptors (Lipinski definition) is 4. The van der Waals surface area contributed by atoms with Gasteiger partial charge in [0.15, 0.2) is 8.32 Å². The predicted octanol–water partition coefficient (Wildman–Crippen LogP) is 6.28. The first-order chi connectivity index (χ1) is 12.1. The third-order valence-corrected chi connectivity index (χ3v) is 13.4. The topological polar surface area (TPSA) is 36.9 Å². The van der Waals surface area contributed by atoms with Gasteiger partial charge in [0.2, 0.25) is 0 Å². The van der Waals surface area contributed by atoms with Gasteiger partial charge in [-0.3, -0.25) is 0 Å². The Morgan fingerprint density at radius 3 is 1.32 bits per heavy atom. The summed E-state index contributed by atoms with van der Waals surface area (Å²) in [6.07, 6.45) is 13.7. The van der Waals surface area contributed by atoms with Gasteiger partial charge in [-0.15, -0.1) is 0 Å². The molecule has 6 heteroatoms. The third-order valence-electron chi connectivity index (χ3n) is 5.37. The molecule has 0 saturated heterocycles. The van der Waals surface area contributed by atoms with E-state index in [9.17, 15) is 0 Å². The molecule has 152 valence electrons. The third kappa shape index (κ3) is 10.3. The van der Waals surface area contributed by atoms with Crippen molar-refractivity contribution >= 4 is 17.4 Å². The smallest absolute Gasteiger partial charge is 0.394 e. The summed E-state index contributed by atoms with van der Waals surface area (Å²) >= 11 is 0. The molecule has 0 bridgehead atoms. The van der Waals surface area contributed by atoms with Gasteiger partial charge in [0.1, 0.15) is 0 Å². The molecule has 0 aromatic heterocycles. The quantitative estimate of drug-likeness (QED) is 0.203. The van der Waals surface area contributed by atoms with E-state index >= 15 is 0 Å². The van der Waals surface area contributed by atoms with Gasteiger partial charge >= 0.3 is 9.05 Å². The minimum atomic E-state index is -2.93. The van der Waals surface area contributed by atoms with E-state index in [0.717, 1.165) is 12.1 Å². The Bertz CT molecular complexity index is 287. The molecule has 4 nitrogen and oxygen atoms in total. The fraction of sp³-hybridized carbons (Fsp3) is 1.00. The van der Waals surface area contributed by atoms with E-state index in [0.29, 0.717) is 0 Å². The average Bonchev–Trinajstić information content (AvgIpc) is 2.66. The van der Waals surface area contributed by atoms with Crippen molar-refractivity contribution < 1.29 is 17.4 Å². The molecule has 0 N–H and O–H groups in total. The second kappa shape index (κ2) is 15.3.